The predicted molar refractivity (Wildman–Crippen MR) is 289 cm³/mol. The van der Waals surface area contributed by atoms with Crippen molar-refractivity contribution in [3.05, 3.63) is 204 Å². The monoisotopic (exact) mass is 872 g/mol. The summed E-state index contributed by atoms with van der Waals surface area (Å²) in [5.41, 5.74) is 23.8. The van der Waals surface area contributed by atoms with E-state index in [2.05, 4.69) is 267 Å². The van der Waals surface area contributed by atoms with E-state index in [1.807, 2.05) is 0 Å². The second-order valence-corrected chi connectivity index (χ2v) is 22.8. The van der Waals surface area contributed by atoms with Crippen molar-refractivity contribution in [1.82, 2.24) is 0 Å². The highest BCUT2D eigenvalue weighted by Gasteiger charge is 2.45. The average molecular weight is 872 g/mol. The summed E-state index contributed by atoms with van der Waals surface area (Å²) in [4.78, 5) is 7.58. The van der Waals surface area contributed by atoms with E-state index in [1.165, 1.54) is 89.5 Å². The molecule has 0 N–H and O–H groups in total. The highest BCUT2D eigenvalue weighted by Crippen LogP contribution is 2.52. The number of nitrogens with zero attached hydrogens (tertiary/aromatic N) is 3. The molecule has 4 heteroatoms. The van der Waals surface area contributed by atoms with Crippen molar-refractivity contribution in [2.24, 2.45) is 0 Å². The third-order valence-corrected chi connectivity index (χ3v) is 14.9. The molecule has 0 spiro atoms. The summed E-state index contributed by atoms with van der Waals surface area (Å²) in [6.07, 6.45) is 0. The second kappa shape index (κ2) is 15.1. The summed E-state index contributed by atoms with van der Waals surface area (Å²) < 4.78 is 0. The first-order valence-electron chi connectivity index (χ1n) is 24.2. The molecule has 0 saturated carbocycles. The van der Waals surface area contributed by atoms with Crippen LogP contribution in [0.15, 0.2) is 176 Å². The molecule has 3 aliphatic rings. The quantitative estimate of drug-likeness (QED) is 0.160. The third kappa shape index (κ3) is 6.94. The van der Waals surface area contributed by atoms with Crippen LogP contribution in [-0.4, -0.2) is 6.71 Å². The van der Waals surface area contributed by atoms with Crippen LogP contribution in [0.25, 0.3) is 11.1 Å². The van der Waals surface area contributed by atoms with E-state index in [1.54, 1.807) is 0 Å². The lowest BCUT2D eigenvalue weighted by molar-refractivity contribution is 0.568. The van der Waals surface area contributed by atoms with Crippen molar-refractivity contribution in [1.29, 1.82) is 0 Å². The van der Waals surface area contributed by atoms with E-state index in [9.17, 15) is 0 Å². The lowest BCUT2D eigenvalue weighted by Crippen LogP contribution is -2.61. The van der Waals surface area contributed by atoms with Crippen molar-refractivity contribution in [2.75, 3.05) is 14.7 Å². The van der Waals surface area contributed by atoms with E-state index < -0.39 is 0 Å². The highest BCUT2D eigenvalue weighted by molar-refractivity contribution is 7.00. The van der Waals surface area contributed by atoms with Crippen molar-refractivity contribution >= 4 is 74.3 Å². The van der Waals surface area contributed by atoms with E-state index in [4.69, 9.17) is 0 Å². The van der Waals surface area contributed by atoms with Crippen LogP contribution in [-0.2, 0) is 21.7 Å². The van der Waals surface area contributed by atoms with Crippen LogP contribution in [0, 0.1) is 0 Å². The first-order valence-corrected chi connectivity index (χ1v) is 24.2. The van der Waals surface area contributed by atoms with Gasteiger partial charge in [-0.05, 0) is 150 Å². The molecule has 11 rings (SSSR count). The smallest absolute Gasteiger partial charge is 0.252 e. The Balaban J connectivity index is 1.21. The van der Waals surface area contributed by atoms with E-state index in [0.29, 0.717) is 0 Å². The molecule has 0 radical (unpaired) electrons. The molecule has 3 nitrogen and oxygen atoms in total. The van der Waals surface area contributed by atoms with Crippen LogP contribution in [0.4, 0.5) is 51.2 Å². The van der Waals surface area contributed by atoms with E-state index in [-0.39, 0.29) is 28.4 Å². The van der Waals surface area contributed by atoms with Crippen molar-refractivity contribution in [2.45, 2.75) is 97.8 Å². The molecule has 67 heavy (non-hydrogen) atoms. The minimum atomic E-state index is -0.152. The molecule has 1 aliphatic carbocycles. The Bertz CT molecular complexity index is 3160. The Kier molecular flexibility index (Phi) is 9.67. The van der Waals surface area contributed by atoms with Gasteiger partial charge in [0.2, 0.25) is 0 Å². The minimum Gasteiger partial charge on any atom is -0.311 e. The molecule has 0 amide bonds. The Morgan fingerprint density at radius 1 is 0.388 bits per heavy atom. The largest absolute Gasteiger partial charge is 0.311 e. The normalized spacial score (nSPS) is 14.5. The summed E-state index contributed by atoms with van der Waals surface area (Å²) in [7, 11) is 0. The maximum atomic E-state index is 2.59. The molecule has 0 fully saturated rings. The molecule has 8 aromatic carbocycles. The maximum Gasteiger partial charge on any atom is 0.252 e. The lowest BCUT2D eigenvalue weighted by Gasteiger charge is -2.45. The summed E-state index contributed by atoms with van der Waals surface area (Å²) >= 11 is 0. The van der Waals surface area contributed by atoms with Crippen LogP contribution in [0.5, 0.6) is 0 Å². The number of fused-ring (bicyclic) bond motifs is 7. The van der Waals surface area contributed by atoms with Gasteiger partial charge in [0.05, 0.1) is 0 Å². The number of hydrogen-bond donors (Lipinski definition) is 0. The van der Waals surface area contributed by atoms with Crippen LogP contribution in [0.3, 0.4) is 0 Å². The standard InChI is InChI=1S/C63H62BN3/c1-60(2,3)41-29-34-55-54(38-41)64-53-33-31-47(65(44-21-14-12-15-22-44)45-23-16-13-17-24-45)40-58(53)66(46-30-32-50-49-25-18-19-26-51(49)63(10,11)52(50)39-46)56-27-20-28-57(59(56)64)67(55)48-36-42(61(4,5)6)35-43(37-48)62(7,8)9/h12-40H,1-11H3. The molecule has 332 valence electrons. The molecule has 0 atom stereocenters. The zero-order chi connectivity index (χ0) is 46.8. The molecule has 8 aromatic rings. The summed E-state index contributed by atoms with van der Waals surface area (Å²) in [5, 5.41) is 0. The first-order chi connectivity index (χ1) is 31.9. The molecular formula is C63H62BN3. The van der Waals surface area contributed by atoms with Crippen molar-refractivity contribution in [3.8, 4) is 11.1 Å². The van der Waals surface area contributed by atoms with E-state index >= 15 is 0 Å². The zero-order valence-corrected chi connectivity index (χ0v) is 41.2. The van der Waals surface area contributed by atoms with Gasteiger partial charge in [0.25, 0.3) is 6.71 Å². The number of anilines is 9. The van der Waals surface area contributed by atoms with Crippen molar-refractivity contribution < 1.29 is 0 Å². The first kappa shape index (κ1) is 42.8. The van der Waals surface area contributed by atoms with Crippen LogP contribution < -0.4 is 31.1 Å². The van der Waals surface area contributed by atoms with Gasteiger partial charge in [-0.3, -0.25) is 0 Å². The minimum absolute atomic E-state index is 0.00930. The second-order valence-electron chi connectivity index (χ2n) is 22.8. The molecule has 2 aliphatic heterocycles. The van der Waals surface area contributed by atoms with Gasteiger partial charge in [-0.25, -0.2) is 0 Å². The SMILES string of the molecule is CC(C)(C)c1cc(N2c3ccc(C(C)(C)C)cc3B3c4ccc(N(c5ccccc5)c5ccccc5)cc4N(c4ccc5c(c4)C(C)(C)c4ccccc4-5)c4cccc2c43)cc(C(C)(C)C)c1. The van der Waals surface area contributed by atoms with Crippen LogP contribution >= 0.6 is 0 Å². The number of rotatable bonds is 5. The van der Waals surface area contributed by atoms with Gasteiger partial charge in [0.15, 0.2) is 0 Å². The summed E-state index contributed by atoms with van der Waals surface area (Å²) in [5.74, 6) is 0. The highest BCUT2D eigenvalue weighted by atomic mass is 15.2. The molecule has 2 heterocycles. The fraction of sp³-hybridized carbons (Fsp3) is 0.238. The maximum absolute atomic E-state index is 2.59. The summed E-state index contributed by atoms with van der Waals surface area (Å²) in [6.45, 7) is 25.9. The molecular weight excluding hydrogens is 810 g/mol. The predicted octanol–water partition coefficient (Wildman–Crippen LogP) is 15.4. The van der Waals surface area contributed by atoms with Gasteiger partial charge in [-0.1, -0.05) is 173 Å². The van der Waals surface area contributed by atoms with Gasteiger partial charge in [0.1, 0.15) is 0 Å². The van der Waals surface area contributed by atoms with Gasteiger partial charge in [-0.2, -0.15) is 0 Å². The molecule has 0 unspecified atom stereocenters. The van der Waals surface area contributed by atoms with Gasteiger partial charge in [-0.15, -0.1) is 0 Å². The molecule has 0 aromatic heterocycles. The van der Waals surface area contributed by atoms with Crippen molar-refractivity contribution in [3.63, 3.8) is 0 Å². The lowest BCUT2D eigenvalue weighted by atomic mass is 9.33. The topological polar surface area (TPSA) is 9.72 Å². The zero-order valence-electron chi connectivity index (χ0n) is 41.2. The fourth-order valence-corrected chi connectivity index (χ4v) is 11.1. The van der Waals surface area contributed by atoms with Gasteiger partial charge < -0.3 is 14.7 Å². The van der Waals surface area contributed by atoms with Gasteiger partial charge >= 0.3 is 0 Å². The average Bonchev–Trinajstić information content (AvgIpc) is 3.53. The van der Waals surface area contributed by atoms with Crippen LogP contribution in [0.2, 0.25) is 0 Å². The Hall–Kier alpha value is -6.78. The Morgan fingerprint density at radius 3 is 1.57 bits per heavy atom. The number of hydrogen-bond acceptors (Lipinski definition) is 3. The molecule has 0 bridgehead atoms. The number of benzene rings is 8. The Labute approximate surface area is 399 Å². The number of para-hydroxylation sites is 2. The van der Waals surface area contributed by atoms with Crippen LogP contribution in [0.1, 0.15) is 104 Å². The third-order valence-electron chi connectivity index (χ3n) is 14.9. The fourth-order valence-electron chi connectivity index (χ4n) is 11.1. The van der Waals surface area contributed by atoms with Gasteiger partial charge in [0, 0.05) is 56.6 Å². The Morgan fingerprint density at radius 2 is 0.955 bits per heavy atom. The van der Waals surface area contributed by atoms with E-state index in [0.717, 1.165) is 17.1 Å². The molecule has 0 saturated heterocycles. The summed E-state index contributed by atoms with van der Waals surface area (Å²) in [6, 6.07) is 66.8.